The fraction of sp³-hybridized carbons (Fsp3) is 0.259. The lowest BCUT2D eigenvalue weighted by atomic mass is 9.99. The summed E-state index contributed by atoms with van der Waals surface area (Å²) >= 11 is 6.27. The van der Waals surface area contributed by atoms with Crippen LogP contribution in [0.15, 0.2) is 78.0 Å². The standard InChI is InChI=1S/C27H29ClN4O6S/c1-27(2,13-14-32-17-29-25-21(32)11-12-23(24(25)28)38-26(34)35)30-16-22(33)18-7-6-8-19(15-18)31-39(36,37)20-9-4-3-5-10-20/h3-12,15,17,22,30-31,33H,13-14,16H2,1-2H3,(H,34,35)/t22-/m0/s1. The summed E-state index contributed by atoms with van der Waals surface area (Å²) in [6.07, 6.45) is -0.0157. The second-order valence-corrected chi connectivity index (χ2v) is 11.7. The van der Waals surface area contributed by atoms with E-state index in [1.165, 1.54) is 18.2 Å². The van der Waals surface area contributed by atoms with Crippen molar-refractivity contribution in [3.63, 3.8) is 0 Å². The van der Waals surface area contributed by atoms with Gasteiger partial charge >= 0.3 is 6.16 Å². The summed E-state index contributed by atoms with van der Waals surface area (Å²) in [6, 6.07) is 17.9. The number of halogens is 1. The molecule has 1 aromatic heterocycles. The molecule has 0 aliphatic heterocycles. The maximum absolute atomic E-state index is 12.6. The fourth-order valence-electron chi connectivity index (χ4n) is 4.03. The molecule has 0 fully saturated rings. The van der Waals surface area contributed by atoms with Crippen molar-refractivity contribution in [1.29, 1.82) is 0 Å². The minimum Gasteiger partial charge on any atom is -0.449 e. The summed E-state index contributed by atoms with van der Waals surface area (Å²) in [4.78, 5) is 15.3. The normalized spacial score (nSPS) is 12.8. The number of aromatic nitrogens is 2. The minimum absolute atomic E-state index is 0.0230. The zero-order chi connectivity index (χ0) is 28.2. The largest absolute Gasteiger partial charge is 0.511 e. The number of carboxylic acid groups (broad SMARTS) is 1. The fourth-order valence-corrected chi connectivity index (χ4v) is 5.35. The molecule has 0 spiro atoms. The van der Waals surface area contributed by atoms with Gasteiger partial charge in [0.15, 0.2) is 5.75 Å². The lowest BCUT2D eigenvalue weighted by molar-refractivity contribution is 0.144. The Balaban J connectivity index is 1.36. The van der Waals surface area contributed by atoms with Crippen molar-refractivity contribution in [2.24, 2.45) is 0 Å². The van der Waals surface area contributed by atoms with Crippen molar-refractivity contribution >= 4 is 44.5 Å². The molecule has 0 saturated heterocycles. The Labute approximate surface area is 231 Å². The van der Waals surface area contributed by atoms with Crippen LogP contribution in [0.25, 0.3) is 11.0 Å². The highest BCUT2D eigenvalue weighted by atomic mass is 35.5. The Bertz CT molecular complexity index is 1570. The van der Waals surface area contributed by atoms with Gasteiger partial charge in [-0.3, -0.25) is 4.72 Å². The number of sulfonamides is 1. The van der Waals surface area contributed by atoms with E-state index in [4.69, 9.17) is 16.7 Å². The molecule has 12 heteroatoms. The van der Waals surface area contributed by atoms with Gasteiger partial charge in [0.1, 0.15) is 10.5 Å². The molecule has 4 N–H and O–H groups in total. The first-order chi connectivity index (χ1) is 18.4. The van der Waals surface area contributed by atoms with Crippen molar-refractivity contribution in [2.75, 3.05) is 11.3 Å². The summed E-state index contributed by atoms with van der Waals surface area (Å²) in [7, 11) is -3.74. The summed E-state index contributed by atoms with van der Waals surface area (Å²) in [6.45, 7) is 4.84. The van der Waals surface area contributed by atoms with Crippen LogP contribution in [0.1, 0.15) is 31.9 Å². The SMILES string of the molecule is CC(C)(CCn1cnc2c(Cl)c(OC(=O)O)ccc21)NC[C@H](O)c1cccc(NS(=O)(=O)c2ccccc2)c1. The minimum atomic E-state index is -3.74. The highest BCUT2D eigenvalue weighted by Gasteiger charge is 2.21. The van der Waals surface area contributed by atoms with Crippen LogP contribution in [0.4, 0.5) is 10.5 Å². The maximum atomic E-state index is 12.6. The topological polar surface area (TPSA) is 143 Å². The number of ether oxygens (including phenoxy) is 1. The molecule has 1 heterocycles. The zero-order valence-electron chi connectivity index (χ0n) is 21.3. The first-order valence-electron chi connectivity index (χ1n) is 12.1. The molecule has 206 valence electrons. The number of aliphatic hydroxyl groups is 1. The van der Waals surface area contributed by atoms with Crippen LogP contribution in [0.5, 0.6) is 5.75 Å². The summed E-state index contributed by atoms with van der Waals surface area (Å²) in [5, 5.41) is 23.2. The first-order valence-corrected chi connectivity index (χ1v) is 14.0. The van der Waals surface area contributed by atoms with E-state index in [-0.39, 0.29) is 27.8 Å². The predicted octanol–water partition coefficient (Wildman–Crippen LogP) is 5.04. The highest BCUT2D eigenvalue weighted by Crippen LogP contribution is 2.32. The number of anilines is 1. The van der Waals surface area contributed by atoms with Gasteiger partial charge in [-0.2, -0.15) is 0 Å². The van der Waals surface area contributed by atoms with Gasteiger partial charge < -0.3 is 24.8 Å². The average molecular weight is 573 g/mol. The maximum Gasteiger partial charge on any atom is 0.511 e. The van der Waals surface area contributed by atoms with Crippen molar-refractivity contribution in [3.8, 4) is 5.75 Å². The molecule has 0 unspecified atom stereocenters. The molecule has 1 atom stereocenters. The second-order valence-electron chi connectivity index (χ2n) is 9.63. The number of imidazole rings is 1. The number of hydrogen-bond acceptors (Lipinski definition) is 7. The number of aliphatic hydroxyl groups excluding tert-OH is 1. The third-order valence-corrected chi connectivity index (χ3v) is 7.98. The van der Waals surface area contributed by atoms with E-state index in [0.717, 1.165) is 5.52 Å². The molecule has 0 radical (unpaired) electrons. The average Bonchev–Trinajstić information content (AvgIpc) is 3.32. The Morgan fingerprint density at radius 1 is 1.13 bits per heavy atom. The number of nitrogens with zero attached hydrogens (tertiary/aromatic N) is 2. The third-order valence-electron chi connectivity index (χ3n) is 6.22. The van der Waals surface area contributed by atoms with E-state index in [1.54, 1.807) is 54.9 Å². The number of nitrogens with one attached hydrogen (secondary N) is 2. The number of hydrogen-bond donors (Lipinski definition) is 4. The van der Waals surface area contributed by atoms with Crippen molar-refractivity contribution in [1.82, 2.24) is 14.9 Å². The number of carbonyl (C=O) groups is 1. The summed E-state index contributed by atoms with van der Waals surface area (Å²) < 4.78 is 34.4. The van der Waals surface area contributed by atoms with Crippen LogP contribution >= 0.6 is 11.6 Å². The number of rotatable bonds is 11. The van der Waals surface area contributed by atoms with E-state index < -0.39 is 22.3 Å². The van der Waals surface area contributed by atoms with Crippen LogP contribution in [-0.4, -0.2) is 46.4 Å². The molecule has 4 aromatic rings. The molecule has 0 aliphatic carbocycles. The van der Waals surface area contributed by atoms with Crippen LogP contribution in [-0.2, 0) is 16.6 Å². The second kappa shape index (κ2) is 11.6. The summed E-state index contributed by atoms with van der Waals surface area (Å²) in [5.41, 5.74) is 1.74. The molecule has 0 bridgehead atoms. The molecule has 0 amide bonds. The van der Waals surface area contributed by atoms with Gasteiger partial charge in [0.25, 0.3) is 10.0 Å². The molecular formula is C27H29ClN4O6S. The van der Waals surface area contributed by atoms with E-state index in [2.05, 4.69) is 19.8 Å². The van der Waals surface area contributed by atoms with Crippen molar-refractivity contribution in [3.05, 3.63) is 83.6 Å². The van der Waals surface area contributed by atoms with E-state index in [9.17, 15) is 18.3 Å². The summed E-state index contributed by atoms with van der Waals surface area (Å²) in [5.74, 6) is 0.0230. The molecule has 3 aromatic carbocycles. The van der Waals surface area contributed by atoms with Gasteiger partial charge in [-0.05, 0) is 62.2 Å². The van der Waals surface area contributed by atoms with E-state index >= 15 is 0 Å². The van der Waals surface area contributed by atoms with Crippen LogP contribution in [0.2, 0.25) is 5.02 Å². The quantitative estimate of drug-likeness (QED) is 0.145. The Morgan fingerprint density at radius 2 is 1.87 bits per heavy atom. The van der Waals surface area contributed by atoms with Gasteiger partial charge in [-0.1, -0.05) is 41.9 Å². The molecule has 0 saturated carbocycles. The van der Waals surface area contributed by atoms with Crippen LogP contribution in [0.3, 0.4) is 0 Å². The molecule has 0 aliphatic rings. The number of benzene rings is 3. The molecule has 10 nitrogen and oxygen atoms in total. The van der Waals surface area contributed by atoms with Gasteiger partial charge in [0.05, 0.1) is 22.8 Å². The smallest absolute Gasteiger partial charge is 0.449 e. The third kappa shape index (κ3) is 7.07. The highest BCUT2D eigenvalue weighted by molar-refractivity contribution is 7.92. The van der Waals surface area contributed by atoms with Gasteiger partial charge in [0, 0.05) is 24.3 Å². The lowest BCUT2D eigenvalue weighted by Gasteiger charge is -2.28. The van der Waals surface area contributed by atoms with Crippen molar-refractivity contribution in [2.45, 2.75) is 43.4 Å². The zero-order valence-corrected chi connectivity index (χ0v) is 22.9. The molecule has 39 heavy (non-hydrogen) atoms. The predicted molar refractivity (Wildman–Crippen MR) is 149 cm³/mol. The monoisotopic (exact) mass is 572 g/mol. The Morgan fingerprint density at radius 3 is 2.59 bits per heavy atom. The Kier molecular flexibility index (Phi) is 8.45. The molecule has 4 rings (SSSR count). The van der Waals surface area contributed by atoms with Gasteiger partial charge in [-0.15, -0.1) is 0 Å². The Hall–Kier alpha value is -3.64. The van der Waals surface area contributed by atoms with E-state index in [1.807, 2.05) is 18.4 Å². The van der Waals surface area contributed by atoms with E-state index in [0.29, 0.717) is 29.7 Å². The van der Waals surface area contributed by atoms with Gasteiger partial charge in [-0.25, -0.2) is 18.2 Å². The van der Waals surface area contributed by atoms with Crippen molar-refractivity contribution < 1.29 is 28.2 Å². The number of fused-ring (bicyclic) bond motifs is 1. The lowest BCUT2D eigenvalue weighted by Crippen LogP contribution is -2.42. The van der Waals surface area contributed by atoms with Gasteiger partial charge in [0.2, 0.25) is 0 Å². The number of β-amino-alcohol motifs (C(OH)–C–C–N with tert-alkyl or cyclic N) is 1. The number of aryl methyl sites for hydroxylation is 1. The van der Waals surface area contributed by atoms with Crippen LogP contribution < -0.4 is 14.8 Å². The van der Waals surface area contributed by atoms with Crippen LogP contribution in [0, 0.1) is 0 Å². The molecular weight excluding hydrogens is 544 g/mol. The first kappa shape index (κ1) is 28.4.